The molecular formula is C18H11Cl2N3O3. The van der Waals surface area contributed by atoms with E-state index < -0.39 is 5.91 Å². The van der Waals surface area contributed by atoms with Gasteiger partial charge in [0.1, 0.15) is 11.4 Å². The van der Waals surface area contributed by atoms with Gasteiger partial charge in [-0.15, -0.1) is 0 Å². The highest BCUT2D eigenvalue weighted by Crippen LogP contribution is 2.43. The monoisotopic (exact) mass is 387 g/mol. The smallest absolute Gasteiger partial charge is 0.260 e. The molecule has 0 fully saturated rings. The largest absolute Gasteiger partial charge is 0.504 e. The van der Waals surface area contributed by atoms with Crippen molar-refractivity contribution < 1.29 is 14.3 Å². The second-order valence-corrected chi connectivity index (χ2v) is 6.44. The molecule has 4 N–H and O–H groups in total. The summed E-state index contributed by atoms with van der Waals surface area (Å²) in [5, 5.41) is 13.5. The standard InChI is InChI=1S/C18H11Cl2N3O3/c19-10-2-1-9(6-11(10)20)23-18(25)16-13-7-12(24)17(26-13)15(16)8-3-4-22-14(21)5-8/h1-7,24H,(H2,21,22)(H,23,25). The zero-order chi connectivity index (χ0) is 18.4. The predicted octanol–water partition coefficient (Wildman–Crippen LogP) is 4.78. The van der Waals surface area contributed by atoms with Gasteiger partial charge in [-0.3, -0.25) is 4.79 Å². The van der Waals surface area contributed by atoms with Gasteiger partial charge in [0.05, 0.1) is 15.6 Å². The maximum atomic E-state index is 12.9. The number of aromatic nitrogens is 1. The van der Waals surface area contributed by atoms with Crippen LogP contribution in [0.3, 0.4) is 0 Å². The molecule has 130 valence electrons. The molecule has 6 nitrogen and oxygen atoms in total. The van der Waals surface area contributed by atoms with Crippen molar-refractivity contribution >= 4 is 51.8 Å². The molecule has 1 aromatic carbocycles. The molecule has 4 aromatic rings. The van der Waals surface area contributed by atoms with Gasteiger partial charge in [-0.1, -0.05) is 23.2 Å². The zero-order valence-corrected chi connectivity index (χ0v) is 14.6. The number of halogens is 2. The molecule has 26 heavy (non-hydrogen) atoms. The first-order valence-electron chi connectivity index (χ1n) is 7.50. The van der Waals surface area contributed by atoms with Gasteiger partial charge >= 0.3 is 0 Å². The topological polar surface area (TPSA) is 101 Å². The number of aromatic hydroxyl groups is 1. The quantitative estimate of drug-likeness (QED) is 0.469. The van der Waals surface area contributed by atoms with Crippen LogP contribution >= 0.6 is 23.2 Å². The molecule has 0 aliphatic carbocycles. The van der Waals surface area contributed by atoms with E-state index in [2.05, 4.69) is 10.3 Å². The Morgan fingerprint density at radius 3 is 2.69 bits per heavy atom. The summed E-state index contributed by atoms with van der Waals surface area (Å²) in [7, 11) is 0. The highest BCUT2D eigenvalue weighted by atomic mass is 35.5. The molecular weight excluding hydrogens is 377 g/mol. The summed E-state index contributed by atoms with van der Waals surface area (Å²) in [6, 6.07) is 9.45. The van der Waals surface area contributed by atoms with Gasteiger partial charge in [-0.2, -0.15) is 0 Å². The van der Waals surface area contributed by atoms with E-state index in [9.17, 15) is 9.90 Å². The number of anilines is 2. The average Bonchev–Trinajstić information content (AvgIpc) is 3.15. The third-order valence-electron chi connectivity index (χ3n) is 3.91. The molecule has 0 atom stereocenters. The Kier molecular flexibility index (Phi) is 3.86. The Balaban J connectivity index is 1.79. The maximum absolute atomic E-state index is 12.9. The lowest BCUT2D eigenvalue weighted by Crippen LogP contribution is -2.12. The van der Waals surface area contributed by atoms with Gasteiger partial charge in [0.15, 0.2) is 11.3 Å². The van der Waals surface area contributed by atoms with Gasteiger partial charge < -0.3 is 20.6 Å². The number of nitrogens with zero attached hydrogens (tertiary/aromatic N) is 1. The number of hydrogen-bond donors (Lipinski definition) is 3. The van der Waals surface area contributed by atoms with Crippen LogP contribution < -0.4 is 11.1 Å². The lowest BCUT2D eigenvalue weighted by atomic mass is 9.99. The molecule has 0 saturated carbocycles. The van der Waals surface area contributed by atoms with Crippen molar-refractivity contribution in [2.24, 2.45) is 0 Å². The number of phenolic OH excluding ortho intramolecular Hbond substituents is 1. The number of pyridine rings is 1. The Hall–Kier alpha value is -2.96. The molecule has 0 spiro atoms. The van der Waals surface area contributed by atoms with Gasteiger partial charge in [0, 0.05) is 23.5 Å². The number of nitrogen functional groups attached to an aromatic ring is 1. The van der Waals surface area contributed by atoms with Crippen molar-refractivity contribution in [3.63, 3.8) is 0 Å². The highest BCUT2D eigenvalue weighted by molar-refractivity contribution is 6.42. The SMILES string of the molecule is Nc1cc(-c2c(C(=O)Nc3ccc(Cl)c(Cl)c3)c3cc(O)c2o3)ccn1. The summed E-state index contributed by atoms with van der Waals surface area (Å²) in [5.41, 5.74) is 8.05. The lowest BCUT2D eigenvalue weighted by molar-refractivity contribution is 0.102. The number of furan rings is 2. The van der Waals surface area contributed by atoms with Crippen LogP contribution in [0, 0.1) is 0 Å². The fraction of sp³-hybridized carbons (Fsp3) is 0. The van der Waals surface area contributed by atoms with E-state index in [1.54, 1.807) is 30.3 Å². The molecule has 1 amide bonds. The third-order valence-corrected chi connectivity index (χ3v) is 4.65. The minimum absolute atomic E-state index is 0.0449. The molecule has 0 aliphatic heterocycles. The van der Waals surface area contributed by atoms with Crippen molar-refractivity contribution in [3.05, 3.63) is 58.2 Å². The molecule has 2 bridgehead atoms. The number of nitrogens with one attached hydrogen (secondary N) is 1. The summed E-state index contributed by atoms with van der Waals surface area (Å²) in [4.78, 5) is 16.8. The number of benzene rings is 2. The molecule has 0 saturated heterocycles. The van der Waals surface area contributed by atoms with E-state index >= 15 is 0 Å². The summed E-state index contributed by atoms with van der Waals surface area (Å²) in [5.74, 6) is -0.171. The van der Waals surface area contributed by atoms with Gasteiger partial charge in [-0.25, -0.2) is 4.98 Å². The van der Waals surface area contributed by atoms with Crippen molar-refractivity contribution in [1.82, 2.24) is 4.98 Å². The van der Waals surface area contributed by atoms with E-state index in [0.29, 0.717) is 26.9 Å². The second-order valence-electron chi connectivity index (χ2n) is 5.63. The Morgan fingerprint density at radius 1 is 1.15 bits per heavy atom. The Labute approximate surface area is 157 Å². The zero-order valence-electron chi connectivity index (χ0n) is 13.1. The fourth-order valence-electron chi connectivity index (χ4n) is 2.79. The molecule has 0 aliphatic rings. The van der Waals surface area contributed by atoms with E-state index in [1.165, 1.54) is 12.3 Å². The van der Waals surface area contributed by atoms with Crippen LogP contribution in [-0.2, 0) is 0 Å². The van der Waals surface area contributed by atoms with Gasteiger partial charge in [0.2, 0.25) is 0 Å². The Bertz CT molecular complexity index is 1140. The van der Waals surface area contributed by atoms with Crippen molar-refractivity contribution in [1.29, 1.82) is 0 Å². The summed E-state index contributed by atoms with van der Waals surface area (Å²) < 4.78 is 5.55. The molecule has 0 radical (unpaired) electrons. The number of carbonyl (C=O) groups is 1. The van der Waals surface area contributed by atoms with Crippen LogP contribution in [0.2, 0.25) is 10.0 Å². The van der Waals surface area contributed by atoms with E-state index in [1.807, 2.05) is 0 Å². The number of hydrogen-bond acceptors (Lipinski definition) is 5. The third kappa shape index (κ3) is 2.69. The van der Waals surface area contributed by atoms with Crippen LogP contribution in [0.15, 0.2) is 47.0 Å². The number of nitrogens with two attached hydrogens (primary N) is 1. The molecule has 0 unspecified atom stereocenters. The number of amides is 1. The Morgan fingerprint density at radius 2 is 1.96 bits per heavy atom. The first-order chi connectivity index (χ1) is 12.4. The first-order valence-corrected chi connectivity index (χ1v) is 8.26. The maximum Gasteiger partial charge on any atom is 0.260 e. The molecule has 3 heterocycles. The second kappa shape index (κ2) is 6.09. The average molecular weight is 388 g/mol. The summed E-state index contributed by atoms with van der Waals surface area (Å²) in [6.45, 7) is 0. The van der Waals surface area contributed by atoms with Crippen molar-refractivity contribution in [2.75, 3.05) is 11.1 Å². The minimum Gasteiger partial charge on any atom is -0.504 e. The van der Waals surface area contributed by atoms with E-state index in [4.69, 9.17) is 33.4 Å². The highest BCUT2D eigenvalue weighted by Gasteiger charge is 2.27. The number of rotatable bonds is 3. The van der Waals surface area contributed by atoms with E-state index in [0.717, 1.165) is 0 Å². The number of carbonyl (C=O) groups excluding carboxylic acids is 1. The summed E-state index contributed by atoms with van der Waals surface area (Å²) >= 11 is 11.9. The van der Waals surface area contributed by atoms with Crippen LogP contribution in [0.1, 0.15) is 10.4 Å². The number of phenols is 1. The molecule has 3 aromatic heterocycles. The molecule has 4 rings (SSSR count). The minimum atomic E-state index is -0.414. The van der Waals surface area contributed by atoms with Gasteiger partial charge in [0.25, 0.3) is 5.91 Å². The van der Waals surface area contributed by atoms with Gasteiger partial charge in [-0.05, 0) is 35.9 Å². The van der Waals surface area contributed by atoms with Crippen molar-refractivity contribution in [3.8, 4) is 16.9 Å². The van der Waals surface area contributed by atoms with Crippen LogP contribution in [0.5, 0.6) is 5.75 Å². The molecule has 8 heteroatoms. The lowest BCUT2D eigenvalue weighted by Gasteiger charge is -2.09. The van der Waals surface area contributed by atoms with Crippen LogP contribution in [0.25, 0.3) is 22.3 Å². The predicted molar refractivity (Wildman–Crippen MR) is 101 cm³/mol. The fourth-order valence-corrected chi connectivity index (χ4v) is 3.09. The first kappa shape index (κ1) is 16.5. The van der Waals surface area contributed by atoms with Crippen LogP contribution in [-0.4, -0.2) is 16.0 Å². The summed E-state index contributed by atoms with van der Waals surface area (Å²) in [6.07, 6.45) is 1.52. The normalized spacial score (nSPS) is 11.2. The van der Waals surface area contributed by atoms with Crippen molar-refractivity contribution in [2.45, 2.75) is 0 Å². The van der Waals surface area contributed by atoms with E-state index in [-0.39, 0.29) is 28.3 Å². The number of fused-ring (bicyclic) bond motifs is 2. The van der Waals surface area contributed by atoms with Crippen LogP contribution in [0.4, 0.5) is 11.5 Å².